The lowest BCUT2D eigenvalue weighted by Crippen LogP contribution is -2.44. The first-order valence-electron chi connectivity index (χ1n) is 13.3. The molecule has 0 N–H and O–H groups in total. The fraction of sp³-hybridized carbons (Fsp3) is 0.394. The van der Waals surface area contributed by atoms with Gasteiger partial charge in [0.15, 0.2) is 5.41 Å². The molecule has 0 heterocycles. The topological polar surface area (TPSA) is 105 Å². The van der Waals surface area contributed by atoms with Crippen molar-refractivity contribution in [3.63, 3.8) is 0 Å². The molecule has 0 aliphatic carbocycles. The van der Waals surface area contributed by atoms with Crippen molar-refractivity contribution in [2.45, 2.75) is 78.8 Å². The van der Waals surface area contributed by atoms with Crippen LogP contribution in [0.5, 0.6) is 0 Å². The zero-order valence-corrected chi connectivity index (χ0v) is 24.8. The van der Waals surface area contributed by atoms with Crippen LogP contribution in [-0.2, 0) is 51.3 Å². The summed E-state index contributed by atoms with van der Waals surface area (Å²) in [6, 6.07) is 17.7. The third kappa shape index (κ3) is 10.7. The van der Waals surface area contributed by atoms with Gasteiger partial charge in [0.2, 0.25) is 0 Å². The van der Waals surface area contributed by atoms with E-state index in [9.17, 15) is 19.2 Å². The second kappa shape index (κ2) is 13.9. The van der Waals surface area contributed by atoms with Crippen molar-refractivity contribution in [2.75, 3.05) is 0 Å². The summed E-state index contributed by atoms with van der Waals surface area (Å²) in [4.78, 5) is 53.6. The van der Waals surface area contributed by atoms with Crippen LogP contribution in [0, 0.1) is 5.41 Å². The largest absolute Gasteiger partial charge is 0.460 e. The Bertz CT molecular complexity index is 1150. The highest BCUT2D eigenvalue weighted by Crippen LogP contribution is 2.38. The van der Waals surface area contributed by atoms with E-state index in [1.54, 1.807) is 90.1 Å². The van der Waals surface area contributed by atoms with Crippen LogP contribution in [-0.4, -0.2) is 35.1 Å². The van der Waals surface area contributed by atoms with Gasteiger partial charge in [0.1, 0.15) is 24.4 Å². The lowest BCUT2D eigenvalue weighted by Gasteiger charge is -2.31. The number of benzene rings is 2. The predicted octanol–water partition coefficient (Wildman–Crippen LogP) is 6.04. The molecule has 0 aliphatic heterocycles. The summed E-state index contributed by atoms with van der Waals surface area (Å²) in [6.07, 6.45) is -1.07. The molecule has 2 aromatic rings. The predicted molar refractivity (Wildman–Crippen MR) is 154 cm³/mol. The van der Waals surface area contributed by atoms with Crippen molar-refractivity contribution >= 4 is 23.9 Å². The van der Waals surface area contributed by atoms with E-state index in [4.69, 9.17) is 18.9 Å². The van der Waals surface area contributed by atoms with Crippen LogP contribution in [0.15, 0.2) is 85.0 Å². The van der Waals surface area contributed by atoms with E-state index >= 15 is 0 Å². The second-order valence-corrected chi connectivity index (χ2v) is 11.8. The molecule has 8 heteroatoms. The van der Waals surface area contributed by atoms with E-state index < -0.39 is 53.3 Å². The van der Waals surface area contributed by atoms with E-state index in [1.807, 2.05) is 12.1 Å². The van der Waals surface area contributed by atoms with Gasteiger partial charge in [0.25, 0.3) is 0 Å². The highest BCUT2D eigenvalue weighted by molar-refractivity contribution is 6.04. The van der Waals surface area contributed by atoms with Crippen LogP contribution in [0.4, 0.5) is 0 Å². The van der Waals surface area contributed by atoms with Crippen LogP contribution in [0.2, 0.25) is 0 Å². The minimum Gasteiger partial charge on any atom is -0.460 e. The van der Waals surface area contributed by atoms with Crippen LogP contribution in [0.25, 0.3) is 0 Å². The molecule has 8 nitrogen and oxygen atoms in total. The highest BCUT2D eigenvalue weighted by Gasteiger charge is 2.51. The summed E-state index contributed by atoms with van der Waals surface area (Å²) in [5.41, 5.74) is -2.91. The fourth-order valence-electron chi connectivity index (χ4n) is 3.73. The first-order chi connectivity index (χ1) is 19.0. The molecule has 0 aromatic heterocycles. The first-order valence-corrected chi connectivity index (χ1v) is 13.3. The first kappa shape index (κ1) is 33.0. The van der Waals surface area contributed by atoms with Crippen molar-refractivity contribution in [3.05, 3.63) is 96.1 Å². The molecule has 2 aromatic carbocycles. The summed E-state index contributed by atoms with van der Waals surface area (Å²) in [6.45, 7) is 17.3. The third-order valence-corrected chi connectivity index (χ3v) is 5.61. The summed E-state index contributed by atoms with van der Waals surface area (Å²) in [5.74, 6) is -3.63. The maximum Gasteiger partial charge on any atom is 0.333 e. The number of carbonyl (C=O) groups is 4. The number of hydrogen-bond acceptors (Lipinski definition) is 8. The molecule has 0 radical (unpaired) electrons. The Morgan fingerprint density at radius 1 is 0.585 bits per heavy atom. The Kier molecular flexibility index (Phi) is 11.2. The second-order valence-electron chi connectivity index (χ2n) is 11.8. The molecule has 0 atom stereocenters. The number of ether oxygens (including phenoxy) is 4. The molecule has 2 rings (SSSR count). The van der Waals surface area contributed by atoms with Gasteiger partial charge < -0.3 is 18.9 Å². The molecule has 0 spiro atoms. The monoisotopic (exact) mass is 564 g/mol. The summed E-state index contributed by atoms with van der Waals surface area (Å²) in [5, 5.41) is 0. The molecule has 0 aliphatic rings. The fourth-order valence-corrected chi connectivity index (χ4v) is 3.73. The Morgan fingerprint density at radius 3 is 1.20 bits per heavy atom. The van der Waals surface area contributed by atoms with Gasteiger partial charge in [-0.2, -0.15) is 0 Å². The summed E-state index contributed by atoms with van der Waals surface area (Å²) >= 11 is 0. The minimum atomic E-state index is -2.19. The van der Waals surface area contributed by atoms with Crippen LogP contribution in [0.1, 0.15) is 65.5 Å². The molecular formula is C33H40O8. The highest BCUT2D eigenvalue weighted by atomic mass is 16.6. The minimum absolute atomic E-state index is 0.161. The number of rotatable bonds is 12. The van der Waals surface area contributed by atoms with E-state index in [0.717, 1.165) is 0 Å². The normalized spacial score (nSPS) is 11.7. The maximum atomic E-state index is 13.9. The van der Waals surface area contributed by atoms with Gasteiger partial charge in [-0.05, 0) is 52.7 Å². The molecule has 0 bridgehead atoms. The van der Waals surface area contributed by atoms with E-state index in [1.165, 1.54) is 0 Å². The number of hydrogen-bond donors (Lipinski definition) is 0. The lowest BCUT2D eigenvalue weighted by molar-refractivity contribution is -0.174. The smallest absolute Gasteiger partial charge is 0.333 e. The van der Waals surface area contributed by atoms with Gasteiger partial charge in [0.05, 0.1) is 0 Å². The average Bonchev–Trinajstić information content (AvgIpc) is 2.89. The number of esters is 4. The molecule has 0 amide bonds. The van der Waals surface area contributed by atoms with Crippen molar-refractivity contribution in [2.24, 2.45) is 5.41 Å². The Morgan fingerprint density at radius 2 is 0.902 bits per heavy atom. The quantitative estimate of drug-likeness (QED) is 0.133. The van der Waals surface area contributed by atoms with Crippen LogP contribution < -0.4 is 0 Å². The molecular weight excluding hydrogens is 524 g/mol. The van der Waals surface area contributed by atoms with Gasteiger partial charge in [-0.3, -0.25) is 9.59 Å². The number of carbonyl (C=O) groups excluding carboxylic acids is 4. The van der Waals surface area contributed by atoms with Crippen molar-refractivity contribution in [3.8, 4) is 0 Å². The van der Waals surface area contributed by atoms with Gasteiger partial charge in [0, 0.05) is 24.0 Å². The Labute approximate surface area is 242 Å². The Balaban J connectivity index is 2.51. The van der Waals surface area contributed by atoms with Crippen molar-refractivity contribution < 1.29 is 38.1 Å². The zero-order valence-electron chi connectivity index (χ0n) is 24.8. The van der Waals surface area contributed by atoms with Crippen molar-refractivity contribution in [1.29, 1.82) is 0 Å². The standard InChI is InChI=1S/C33H40O8/c1-23(27(34)40-31(3,4)5)19-33(20-24(2)28(35)41-32(6,7)8,29(36)38-21-25-15-11-9-12-16-25)30(37)39-22-26-17-13-10-14-18-26/h9-18H,1-2,19-22H2,3-8H3. The summed E-state index contributed by atoms with van der Waals surface area (Å²) < 4.78 is 22.1. The molecule has 220 valence electrons. The van der Waals surface area contributed by atoms with Gasteiger partial charge in [-0.15, -0.1) is 0 Å². The third-order valence-electron chi connectivity index (χ3n) is 5.61. The zero-order chi connectivity index (χ0) is 30.8. The molecule has 0 saturated carbocycles. The van der Waals surface area contributed by atoms with E-state index in [0.29, 0.717) is 11.1 Å². The Hall–Kier alpha value is -4.20. The lowest BCUT2D eigenvalue weighted by atomic mass is 9.76. The maximum absolute atomic E-state index is 13.9. The molecule has 41 heavy (non-hydrogen) atoms. The molecule has 0 fully saturated rings. The van der Waals surface area contributed by atoms with E-state index in [-0.39, 0.29) is 24.4 Å². The SMILES string of the molecule is C=C(CC(CC(=C)C(=O)OC(C)(C)C)(C(=O)OCc1ccccc1)C(=O)OCc1ccccc1)C(=O)OC(C)(C)C. The van der Waals surface area contributed by atoms with Crippen molar-refractivity contribution in [1.82, 2.24) is 0 Å². The average molecular weight is 565 g/mol. The van der Waals surface area contributed by atoms with Gasteiger partial charge in [-0.25, -0.2) is 9.59 Å². The van der Waals surface area contributed by atoms with E-state index in [2.05, 4.69) is 13.2 Å². The summed E-state index contributed by atoms with van der Waals surface area (Å²) in [7, 11) is 0. The van der Waals surface area contributed by atoms with Gasteiger partial charge >= 0.3 is 23.9 Å². The molecule has 0 unspecified atom stereocenters. The molecule has 0 saturated heterocycles. The van der Waals surface area contributed by atoms with Crippen LogP contribution >= 0.6 is 0 Å². The van der Waals surface area contributed by atoms with Crippen LogP contribution in [0.3, 0.4) is 0 Å². The van der Waals surface area contributed by atoms with Gasteiger partial charge in [-0.1, -0.05) is 73.8 Å².